The van der Waals surface area contributed by atoms with Crippen LogP contribution in [-0.2, 0) is 19.1 Å². The number of nitrogens with one attached hydrogen (secondary N) is 2. The van der Waals surface area contributed by atoms with E-state index in [9.17, 15) is 14.4 Å². The Balaban J connectivity index is 1.33. The number of esters is 1. The van der Waals surface area contributed by atoms with Crippen molar-refractivity contribution in [3.8, 4) is 0 Å². The van der Waals surface area contributed by atoms with Crippen molar-refractivity contribution in [1.29, 1.82) is 0 Å². The van der Waals surface area contributed by atoms with E-state index >= 15 is 0 Å². The monoisotopic (exact) mass is 600 g/mol. The van der Waals surface area contributed by atoms with E-state index in [1.165, 1.54) is 64.7 Å². The summed E-state index contributed by atoms with van der Waals surface area (Å²) in [6.07, 6.45) is 15.1. The van der Waals surface area contributed by atoms with Crippen LogP contribution in [0.25, 0.3) is 0 Å². The molecule has 0 bridgehead atoms. The van der Waals surface area contributed by atoms with Gasteiger partial charge in [-0.1, -0.05) is 67.7 Å². The van der Waals surface area contributed by atoms with E-state index in [2.05, 4.69) is 45.3 Å². The predicted octanol–water partition coefficient (Wildman–Crippen LogP) is 7.69. The maximum Gasteiger partial charge on any atom is 0.308 e. The summed E-state index contributed by atoms with van der Waals surface area (Å²) in [6, 6.07) is -0.891. The summed E-state index contributed by atoms with van der Waals surface area (Å²) in [7, 11) is 0. The van der Waals surface area contributed by atoms with Gasteiger partial charge in [0.25, 0.3) is 0 Å². The van der Waals surface area contributed by atoms with E-state index in [0.717, 1.165) is 54.8 Å². The minimum Gasteiger partial charge on any atom is -0.462 e. The molecule has 2 N–H and O–H groups in total. The van der Waals surface area contributed by atoms with Gasteiger partial charge < -0.3 is 15.4 Å². The van der Waals surface area contributed by atoms with Crippen molar-refractivity contribution in [2.45, 2.75) is 151 Å². The lowest BCUT2D eigenvalue weighted by Gasteiger charge is -2.61. The van der Waals surface area contributed by atoms with Gasteiger partial charge in [0.2, 0.25) is 11.8 Å². The van der Waals surface area contributed by atoms with Gasteiger partial charge in [-0.15, -0.1) is 0 Å². The molecule has 246 valence electrons. The molecule has 0 aliphatic heterocycles. The molecular formula is C37H64N2O4. The fourth-order valence-corrected chi connectivity index (χ4v) is 10.6. The highest BCUT2D eigenvalue weighted by Gasteiger charge is 2.60. The van der Waals surface area contributed by atoms with E-state index in [-0.39, 0.29) is 36.2 Å². The molecule has 4 saturated carbocycles. The molecule has 0 spiro atoms. The first-order valence-corrected chi connectivity index (χ1v) is 18.0. The molecule has 4 rings (SSSR count). The second kappa shape index (κ2) is 14.2. The van der Waals surface area contributed by atoms with E-state index in [1.54, 1.807) is 0 Å². The second-order valence-electron chi connectivity index (χ2n) is 16.7. The lowest BCUT2D eigenvalue weighted by atomic mass is 9.44. The minimum atomic E-state index is -0.891. The third kappa shape index (κ3) is 7.80. The molecule has 0 heterocycles. The Bertz CT molecular complexity index is 980. The molecule has 6 nitrogen and oxygen atoms in total. The van der Waals surface area contributed by atoms with Gasteiger partial charge in [0.05, 0.1) is 6.42 Å². The molecule has 0 aromatic heterocycles. The summed E-state index contributed by atoms with van der Waals surface area (Å²) in [5, 5.41) is 5.49. The van der Waals surface area contributed by atoms with Crippen molar-refractivity contribution in [2.24, 2.45) is 58.2 Å². The van der Waals surface area contributed by atoms with Crippen LogP contribution >= 0.6 is 0 Å². The number of fused-ring (bicyclic) bond motifs is 5. The molecule has 6 heteroatoms. The molecule has 4 aliphatic carbocycles. The van der Waals surface area contributed by atoms with Crippen molar-refractivity contribution in [2.75, 3.05) is 6.54 Å². The van der Waals surface area contributed by atoms with Crippen LogP contribution in [0.5, 0.6) is 0 Å². The third-order valence-electron chi connectivity index (χ3n) is 12.9. The number of amides is 2. The topological polar surface area (TPSA) is 84.5 Å². The number of carbonyl (C=O) groups is 3. The SMILES string of the molecule is CC(=O)N[C@H](CC(=O)O[C@H]1CC[C@@]2(C)C(CCC3C2CC[C@@]2(C)C3CC[C@@H]2C(C)CCCC(C)C)C1)C(=O)NCC(C)C. The molecular weight excluding hydrogens is 536 g/mol. The van der Waals surface area contributed by atoms with Crippen LogP contribution in [-0.4, -0.2) is 36.5 Å². The zero-order valence-electron chi connectivity index (χ0n) is 28.8. The van der Waals surface area contributed by atoms with Gasteiger partial charge in [-0.3, -0.25) is 14.4 Å². The highest BCUT2D eigenvalue weighted by molar-refractivity contribution is 5.90. The number of ether oxygens (including phenoxy) is 1. The zero-order chi connectivity index (χ0) is 31.5. The number of rotatable bonds is 12. The van der Waals surface area contributed by atoms with Crippen LogP contribution in [0.1, 0.15) is 139 Å². The molecule has 0 aromatic carbocycles. The Kier molecular flexibility index (Phi) is 11.3. The molecule has 0 radical (unpaired) electrons. The average Bonchev–Trinajstić information content (AvgIpc) is 3.28. The Morgan fingerprint density at radius 3 is 2.21 bits per heavy atom. The Hall–Kier alpha value is -1.59. The van der Waals surface area contributed by atoms with Crippen LogP contribution in [0.15, 0.2) is 0 Å². The number of carbonyl (C=O) groups excluding carboxylic acids is 3. The van der Waals surface area contributed by atoms with Crippen molar-refractivity contribution < 1.29 is 19.1 Å². The van der Waals surface area contributed by atoms with E-state index in [4.69, 9.17) is 4.74 Å². The Morgan fingerprint density at radius 2 is 1.53 bits per heavy atom. The quantitative estimate of drug-likeness (QED) is 0.225. The maximum atomic E-state index is 13.0. The maximum absolute atomic E-state index is 13.0. The highest BCUT2D eigenvalue weighted by Crippen LogP contribution is 2.68. The third-order valence-corrected chi connectivity index (χ3v) is 12.9. The van der Waals surface area contributed by atoms with Crippen molar-refractivity contribution in [1.82, 2.24) is 10.6 Å². The fourth-order valence-electron chi connectivity index (χ4n) is 10.6. The van der Waals surface area contributed by atoms with Crippen LogP contribution in [0.4, 0.5) is 0 Å². The van der Waals surface area contributed by atoms with Crippen molar-refractivity contribution >= 4 is 17.8 Å². The Labute approximate surface area is 263 Å². The van der Waals surface area contributed by atoms with Crippen molar-refractivity contribution in [3.63, 3.8) is 0 Å². The number of hydrogen-bond acceptors (Lipinski definition) is 4. The molecule has 10 atom stereocenters. The summed E-state index contributed by atoms with van der Waals surface area (Å²) < 4.78 is 6.01. The van der Waals surface area contributed by atoms with Crippen LogP contribution < -0.4 is 10.6 Å². The normalized spacial score (nSPS) is 36.7. The first-order valence-electron chi connectivity index (χ1n) is 18.0. The van der Waals surface area contributed by atoms with Gasteiger partial charge in [-0.25, -0.2) is 0 Å². The summed E-state index contributed by atoms with van der Waals surface area (Å²) in [6.45, 7) is 18.4. The van der Waals surface area contributed by atoms with Gasteiger partial charge >= 0.3 is 5.97 Å². The van der Waals surface area contributed by atoms with E-state index in [0.29, 0.717) is 23.3 Å². The van der Waals surface area contributed by atoms with Gasteiger partial charge in [-0.2, -0.15) is 0 Å². The van der Waals surface area contributed by atoms with E-state index in [1.807, 2.05) is 13.8 Å². The van der Waals surface area contributed by atoms with Gasteiger partial charge in [0.15, 0.2) is 0 Å². The first-order chi connectivity index (χ1) is 20.2. The average molecular weight is 601 g/mol. The molecule has 4 aliphatic rings. The molecule has 0 saturated heterocycles. The predicted molar refractivity (Wildman–Crippen MR) is 173 cm³/mol. The zero-order valence-corrected chi connectivity index (χ0v) is 28.8. The minimum absolute atomic E-state index is 0.0877. The molecule has 43 heavy (non-hydrogen) atoms. The van der Waals surface area contributed by atoms with Gasteiger partial charge in [-0.05, 0) is 116 Å². The fraction of sp³-hybridized carbons (Fsp3) is 0.919. The molecule has 2 amide bonds. The van der Waals surface area contributed by atoms with Crippen molar-refractivity contribution in [3.05, 3.63) is 0 Å². The number of hydrogen-bond donors (Lipinski definition) is 2. The second-order valence-corrected chi connectivity index (χ2v) is 16.7. The molecule has 0 aromatic rings. The van der Waals surface area contributed by atoms with Crippen LogP contribution in [0, 0.1) is 58.2 Å². The smallest absolute Gasteiger partial charge is 0.308 e. The largest absolute Gasteiger partial charge is 0.462 e. The van der Waals surface area contributed by atoms with E-state index < -0.39 is 6.04 Å². The summed E-state index contributed by atoms with van der Waals surface area (Å²) >= 11 is 0. The standard InChI is InChI=1S/C37H64N2O4/c1-23(2)10-9-11-25(5)30-14-15-31-29-13-12-27-20-28(16-18-36(27,7)32(29)17-19-37(30,31)8)43-34(41)21-33(39-26(6)40)35(42)38-22-24(3)4/h23-25,27-33H,9-22H2,1-8H3,(H,38,42)(H,39,40)/t25?,27?,28-,29?,30+,31?,32?,33+,36-,37+/m0/s1. The summed E-state index contributed by atoms with van der Waals surface area (Å²) in [4.78, 5) is 37.4. The molecule has 4 fully saturated rings. The first kappa shape index (κ1) is 34.3. The Morgan fingerprint density at radius 1 is 0.837 bits per heavy atom. The molecule has 5 unspecified atom stereocenters. The lowest BCUT2D eigenvalue weighted by Crippen LogP contribution is -2.54. The summed E-state index contributed by atoms with van der Waals surface area (Å²) in [5.74, 6) is 4.94. The van der Waals surface area contributed by atoms with Crippen LogP contribution in [0.3, 0.4) is 0 Å². The van der Waals surface area contributed by atoms with Gasteiger partial charge in [0, 0.05) is 13.5 Å². The van der Waals surface area contributed by atoms with Crippen LogP contribution in [0.2, 0.25) is 0 Å². The summed E-state index contributed by atoms with van der Waals surface area (Å²) in [5.41, 5.74) is 0.851. The van der Waals surface area contributed by atoms with Gasteiger partial charge in [0.1, 0.15) is 12.1 Å². The highest BCUT2D eigenvalue weighted by atomic mass is 16.5. The lowest BCUT2D eigenvalue weighted by molar-refractivity contribution is -0.164.